The first-order valence-corrected chi connectivity index (χ1v) is 7.91. The Morgan fingerprint density at radius 1 is 1.19 bits per heavy atom. The van der Waals surface area contributed by atoms with Crippen LogP contribution in [0.3, 0.4) is 0 Å². The Bertz CT molecular complexity index is 1070. The summed E-state index contributed by atoms with van der Waals surface area (Å²) >= 11 is 0. The van der Waals surface area contributed by atoms with E-state index in [9.17, 15) is 19.7 Å². The number of hydrogen-bond acceptors (Lipinski definition) is 5. The molecule has 1 heterocycles. The lowest BCUT2D eigenvalue weighted by Crippen LogP contribution is -2.25. The number of carbonyl (C=O) groups excluding carboxylic acids is 1. The lowest BCUT2D eigenvalue weighted by atomic mass is 10.1. The van der Waals surface area contributed by atoms with Crippen molar-refractivity contribution in [1.82, 2.24) is 4.57 Å². The molecule has 0 unspecified atom stereocenters. The second kappa shape index (κ2) is 6.47. The normalized spacial score (nSPS) is 10.9. The Kier molecular flexibility index (Phi) is 4.33. The van der Waals surface area contributed by atoms with Crippen molar-refractivity contribution in [2.75, 3.05) is 5.32 Å². The summed E-state index contributed by atoms with van der Waals surface area (Å²) < 4.78 is 6.17. The first-order valence-electron chi connectivity index (χ1n) is 7.91. The fourth-order valence-corrected chi connectivity index (χ4v) is 3.02. The molecule has 0 fully saturated rings. The minimum atomic E-state index is -0.743. The topological polar surface area (TPSA) is 107 Å². The van der Waals surface area contributed by atoms with Crippen LogP contribution in [-0.4, -0.2) is 15.4 Å². The number of amides is 1. The number of aryl methyl sites for hydroxylation is 3. The third-order valence-electron chi connectivity index (χ3n) is 4.11. The highest BCUT2D eigenvalue weighted by molar-refractivity contribution is 5.93. The molecule has 0 aliphatic heterocycles. The Labute approximate surface area is 148 Å². The standard InChI is InChI=1S/C18H17N3O5/c1-10-6-11(2)17(12(3)7-10)19-16(22)9-20-14-5-4-13(21(24)25)8-15(14)26-18(20)23/h4-8H,9H2,1-3H3,(H,19,22). The third kappa shape index (κ3) is 3.21. The lowest BCUT2D eigenvalue weighted by molar-refractivity contribution is -0.384. The van der Waals surface area contributed by atoms with Crippen molar-refractivity contribution in [3.63, 3.8) is 0 Å². The molecule has 0 saturated heterocycles. The zero-order valence-electron chi connectivity index (χ0n) is 14.5. The average molecular weight is 355 g/mol. The average Bonchev–Trinajstić information content (AvgIpc) is 2.85. The van der Waals surface area contributed by atoms with E-state index in [2.05, 4.69) is 5.32 Å². The number of aromatic nitrogens is 1. The minimum Gasteiger partial charge on any atom is -0.407 e. The zero-order chi connectivity index (χ0) is 19.0. The molecule has 8 nitrogen and oxygen atoms in total. The summed E-state index contributed by atoms with van der Waals surface area (Å²) in [6, 6.07) is 7.75. The molecule has 2 aromatic carbocycles. The maximum atomic E-state index is 12.4. The van der Waals surface area contributed by atoms with Gasteiger partial charge in [0.1, 0.15) is 6.54 Å². The van der Waals surface area contributed by atoms with Crippen LogP contribution in [0.15, 0.2) is 39.5 Å². The number of hydrogen-bond donors (Lipinski definition) is 1. The van der Waals surface area contributed by atoms with Gasteiger partial charge >= 0.3 is 5.76 Å². The summed E-state index contributed by atoms with van der Waals surface area (Å²) in [6.07, 6.45) is 0. The van der Waals surface area contributed by atoms with Crippen molar-refractivity contribution in [3.05, 3.63) is 67.7 Å². The maximum absolute atomic E-state index is 12.4. The van der Waals surface area contributed by atoms with E-state index in [1.165, 1.54) is 18.2 Å². The molecule has 0 atom stereocenters. The van der Waals surface area contributed by atoms with Crippen molar-refractivity contribution in [2.45, 2.75) is 27.3 Å². The van der Waals surface area contributed by atoms with Gasteiger partial charge in [0.05, 0.1) is 16.5 Å². The van der Waals surface area contributed by atoms with Crippen LogP contribution in [0.2, 0.25) is 0 Å². The number of nitrogens with zero attached hydrogens (tertiary/aromatic N) is 2. The number of anilines is 1. The first-order chi connectivity index (χ1) is 12.3. The SMILES string of the molecule is Cc1cc(C)c(NC(=O)Cn2c(=O)oc3cc([N+](=O)[O-])ccc32)c(C)c1. The van der Waals surface area contributed by atoms with Gasteiger partial charge in [-0.15, -0.1) is 0 Å². The van der Waals surface area contributed by atoms with E-state index >= 15 is 0 Å². The largest absolute Gasteiger partial charge is 0.420 e. The minimum absolute atomic E-state index is 0.0692. The van der Waals surface area contributed by atoms with Crippen molar-refractivity contribution < 1.29 is 14.1 Å². The van der Waals surface area contributed by atoms with Crippen molar-refractivity contribution in [1.29, 1.82) is 0 Å². The van der Waals surface area contributed by atoms with Gasteiger partial charge in [0, 0.05) is 11.8 Å². The van der Waals surface area contributed by atoms with Crippen LogP contribution in [-0.2, 0) is 11.3 Å². The van der Waals surface area contributed by atoms with Crippen molar-refractivity contribution in [3.8, 4) is 0 Å². The second-order valence-corrected chi connectivity index (χ2v) is 6.19. The Morgan fingerprint density at radius 2 is 1.85 bits per heavy atom. The van der Waals surface area contributed by atoms with Gasteiger partial charge in [0.25, 0.3) is 5.69 Å². The number of oxazole rings is 1. The maximum Gasteiger partial charge on any atom is 0.420 e. The van der Waals surface area contributed by atoms with Crippen molar-refractivity contribution in [2.24, 2.45) is 0 Å². The monoisotopic (exact) mass is 355 g/mol. The number of nitro benzene ring substituents is 1. The molecule has 8 heteroatoms. The van der Waals surface area contributed by atoms with E-state index in [0.29, 0.717) is 11.2 Å². The van der Waals surface area contributed by atoms with Gasteiger partial charge < -0.3 is 9.73 Å². The van der Waals surface area contributed by atoms with Crippen LogP contribution in [0, 0.1) is 30.9 Å². The molecule has 1 amide bonds. The molecule has 26 heavy (non-hydrogen) atoms. The molecule has 0 bridgehead atoms. The molecule has 0 aliphatic rings. The number of nitro groups is 1. The van der Waals surface area contributed by atoms with E-state index in [1.54, 1.807) is 0 Å². The van der Waals surface area contributed by atoms with Gasteiger partial charge in [-0.2, -0.15) is 0 Å². The summed E-state index contributed by atoms with van der Waals surface area (Å²) in [5.74, 6) is -1.13. The van der Waals surface area contributed by atoms with Crippen LogP contribution in [0.4, 0.5) is 11.4 Å². The van der Waals surface area contributed by atoms with Gasteiger partial charge in [0.2, 0.25) is 5.91 Å². The summed E-state index contributed by atoms with van der Waals surface area (Å²) in [5.41, 5.74) is 3.86. The Hall–Kier alpha value is -3.42. The molecule has 1 N–H and O–H groups in total. The second-order valence-electron chi connectivity index (χ2n) is 6.19. The van der Waals surface area contributed by atoms with E-state index in [0.717, 1.165) is 21.3 Å². The first kappa shape index (κ1) is 17.4. The summed E-state index contributed by atoms with van der Waals surface area (Å²) in [7, 11) is 0. The third-order valence-corrected chi connectivity index (χ3v) is 4.11. The highest BCUT2D eigenvalue weighted by Gasteiger charge is 2.17. The van der Waals surface area contributed by atoms with Gasteiger partial charge in [-0.25, -0.2) is 4.79 Å². The number of rotatable bonds is 4. The van der Waals surface area contributed by atoms with Crippen molar-refractivity contribution >= 4 is 28.4 Å². The van der Waals surface area contributed by atoms with E-state index < -0.39 is 10.7 Å². The lowest BCUT2D eigenvalue weighted by Gasteiger charge is -2.13. The van der Waals surface area contributed by atoms with E-state index in [4.69, 9.17) is 4.42 Å². The molecule has 0 aliphatic carbocycles. The highest BCUT2D eigenvalue weighted by Crippen LogP contribution is 2.23. The van der Waals surface area contributed by atoms with Crippen LogP contribution in [0.1, 0.15) is 16.7 Å². The molecule has 0 spiro atoms. The van der Waals surface area contributed by atoms with Gasteiger partial charge in [-0.1, -0.05) is 17.7 Å². The van der Waals surface area contributed by atoms with Gasteiger partial charge in [-0.3, -0.25) is 19.5 Å². The molecule has 3 aromatic rings. The molecular formula is C18H17N3O5. The molecule has 134 valence electrons. The molecular weight excluding hydrogens is 338 g/mol. The molecule has 0 saturated carbocycles. The van der Waals surface area contributed by atoms with Crippen LogP contribution in [0.25, 0.3) is 11.1 Å². The summed E-state index contributed by atoms with van der Waals surface area (Å²) in [4.78, 5) is 34.7. The zero-order valence-corrected chi connectivity index (χ0v) is 14.5. The molecule has 3 rings (SSSR count). The fraction of sp³-hybridized carbons (Fsp3) is 0.222. The smallest absolute Gasteiger partial charge is 0.407 e. The number of non-ortho nitro benzene ring substituents is 1. The summed E-state index contributed by atoms with van der Waals surface area (Å²) in [5, 5.41) is 13.6. The fourth-order valence-electron chi connectivity index (χ4n) is 3.02. The van der Waals surface area contributed by atoms with Gasteiger partial charge in [0.15, 0.2) is 5.58 Å². The number of benzene rings is 2. The van der Waals surface area contributed by atoms with Crippen LogP contribution < -0.4 is 11.1 Å². The van der Waals surface area contributed by atoms with E-state index in [1.807, 2.05) is 32.9 Å². The quantitative estimate of drug-likeness (QED) is 0.571. The Morgan fingerprint density at radius 3 is 2.46 bits per heavy atom. The highest BCUT2D eigenvalue weighted by atomic mass is 16.6. The predicted molar refractivity (Wildman–Crippen MR) is 96.4 cm³/mol. The number of carbonyl (C=O) groups is 1. The number of nitrogens with one attached hydrogen (secondary N) is 1. The molecule has 0 radical (unpaired) electrons. The number of fused-ring (bicyclic) bond motifs is 1. The molecule has 1 aromatic heterocycles. The summed E-state index contributed by atoms with van der Waals surface area (Å²) in [6.45, 7) is 5.51. The Balaban J connectivity index is 1.89. The van der Waals surface area contributed by atoms with Gasteiger partial charge in [-0.05, 0) is 38.0 Å². The van der Waals surface area contributed by atoms with Crippen LogP contribution in [0.5, 0.6) is 0 Å². The van der Waals surface area contributed by atoms with Crippen LogP contribution >= 0.6 is 0 Å². The van der Waals surface area contributed by atoms with E-state index in [-0.39, 0.29) is 23.7 Å². The predicted octanol–water partition coefficient (Wildman–Crippen LogP) is 3.07.